The number of anilines is 4. The molecule has 9 nitrogen and oxygen atoms in total. The molecule has 0 bridgehead atoms. The fraction of sp³-hybridized carbons (Fsp3) is 0.238. The monoisotopic (exact) mass is 437 g/mol. The second-order valence-corrected chi connectivity index (χ2v) is 8.21. The molecule has 3 aromatic rings. The fourth-order valence-electron chi connectivity index (χ4n) is 3.25. The number of nitrogens with one attached hydrogen (secondary N) is 2. The maximum atomic E-state index is 12.8. The molecule has 2 amide bonds. The number of carbonyl (C=O) groups is 2. The van der Waals surface area contributed by atoms with Crippen LogP contribution in [0.1, 0.15) is 20.8 Å². The predicted octanol–water partition coefficient (Wildman–Crippen LogP) is 2.38. The van der Waals surface area contributed by atoms with E-state index in [-0.39, 0.29) is 11.6 Å². The van der Waals surface area contributed by atoms with Crippen LogP contribution in [-0.4, -0.2) is 59.9 Å². The number of amides is 2. The Morgan fingerprint density at radius 2 is 1.71 bits per heavy atom. The Bertz CT molecular complexity index is 1060. The first-order chi connectivity index (χ1) is 15.0. The molecule has 31 heavy (non-hydrogen) atoms. The molecule has 0 saturated carbocycles. The van der Waals surface area contributed by atoms with Gasteiger partial charge < -0.3 is 26.2 Å². The number of nitrogens with two attached hydrogens (primary N) is 1. The van der Waals surface area contributed by atoms with Crippen LogP contribution in [0.3, 0.4) is 0 Å². The average Bonchev–Trinajstić information content (AvgIpc) is 3.17. The minimum absolute atomic E-state index is 0.0176. The first kappa shape index (κ1) is 20.8. The molecule has 0 radical (unpaired) electrons. The summed E-state index contributed by atoms with van der Waals surface area (Å²) >= 11 is 1.14. The molecule has 10 heteroatoms. The number of thiazole rings is 1. The highest BCUT2D eigenvalue weighted by Gasteiger charge is 2.20. The van der Waals surface area contributed by atoms with Crippen molar-refractivity contribution in [3.8, 4) is 0 Å². The van der Waals surface area contributed by atoms with Gasteiger partial charge >= 0.3 is 0 Å². The number of pyridine rings is 1. The van der Waals surface area contributed by atoms with Gasteiger partial charge in [-0.05, 0) is 43.4 Å². The Kier molecular flexibility index (Phi) is 6.10. The van der Waals surface area contributed by atoms with E-state index in [4.69, 9.17) is 5.73 Å². The summed E-state index contributed by atoms with van der Waals surface area (Å²) < 4.78 is 0. The summed E-state index contributed by atoms with van der Waals surface area (Å²) in [4.78, 5) is 37.3. The third-order valence-electron chi connectivity index (χ3n) is 5.02. The molecule has 1 aliphatic heterocycles. The van der Waals surface area contributed by atoms with Crippen molar-refractivity contribution in [2.75, 3.05) is 48.8 Å². The third-order valence-corrected chi connectivity index (χ3v) is 5.90. The highest BCUT2D eigenvalue weighted by molar-refractivity contribution is 7.20. The van der Waals surface area contributed by atoms with Crippen LogP contribution in [0.5, 0.6) is 0 Å². The van der Waals surface area contributed by atoms with Gasteiger partial charge in [-0.2, -0.15) is 0 Å². The largest absolute Gasteiger partial charge is 0.369 e. The number of carbonyl (C=O) groups excluding carboxylic acids is 2. The number of aromatic nitrogens is 2. The van der Waals surface area contributed by atoms with Crippen LogP contribution in [0, 0.1) is 0 Å². The van der Waals surface area contributed by atoms with Crippen LogP contribution in [0.2, 0.25) is 0 Å². The van der Waals surface area contributed by atoms with E-state index in [1.54, 1.807) is 36.7 Å². The molecular formula is C21H23N7O2S. The van der Waals surface area contributed by atoms with Gasteiger partial charge in [-0.3, -0.25) is 14.6 Å². The lowest BCUT2D eigenvalue weighted by Crippen LogP contribution is -2.44. The molecule has 1 saturated heterocycles. The topological polar surface area (TPSA) is 116 Å². The van der Waals surface area contributed by atoms with Crippen molar-refractivity contribution in [1.29, 1.82) is 0 Å². The standard InChI is InChI=1S/C21H23N7O2S/c1-27-10-12-28(13-11-27)16-4-2-14(3-5-16)19(30)26-20-17(18(22)29)25-21(31-20)24-15-6-8-23-9-7-15/h2-9H,10-13H2,1H3,(H2,22,29)(H,26,30)(H,23,24,25). The average molecular weight is 438 g/mol. The lowest BCUT2D eigenvalue weighted by atomic mass is 10.1. The molecule has 3 heterocycles. The maximum Gasteiger partial charge on any atom is 0.270 e. The molecule has 4 rings (SSSR count). The highest BCUT2D eigenvalue weighted by atomic mass is 32.1. The van der Waals surface area contributed by atoms with Crippen LogP contribution in [0.4, 0.5) is 21.5 Å². The van der Waals surface area contributed by atoms with Crippen molar-refractivity contribution in [2.45, 2.75) is 0 Å². The molecule has 0 atom stereocenters. The minimum Gasteiger partial charge on any atom is -0.369 e. The van der Waals surface area contributed by atoms with E-state index < -0.39 is 5.91 Å². The van der Waals surface area contributed by atoms with Gasteiger partial charge in [0, 0.05) is 55.5 Å². The summed E-state index contributed by atoms with van der Waals surface area (Å²) in [7, 11) is 2.11. The number of rotatable bonds is 6. The van der Waals surface area contributed by atoms with E-state index in [9.17, 15) is 9.59 Å². The van der Waals surface area contributed by atoms with E-state index >= 15 is 0 Å². The molecule has 0 spiro atoms. The smallest absolute Gasteiger partial charge is 0.270 e. The Balaban J connectivity index is 1.46. The van der Waals surface area contributed by atoms with Gasteiger partial charge in [-0.15, -0.1) is 0 Å². The van der Waals surface area contributed by atoms with E-state index in [1.165, 1.54) is 0 Å². The summed E-state index contributed by atoms with van der Waals surface area (Å²) in [6.45, 7) is 3.94. The van der Waals surface area contributed by atoms with Gasteiger partial charge in [0.2, 0.25) is 0 Å². The van der Waals surface area contributed by atoms with E-state index in [0.29, 0.717) is 15.7 Å². The second kappa shape index (κ2) is 9.11. The zero-order chi connectivity index (χ0) is 21.8. The molecular weight excluding hydrogens is 414 g/mol. The number of hydrogen-bond acceptors (Lipinski definition) is 8. The maximum absolute atomic E-state index is 12.8. The minimum atomic E-state index is -0.709. The first-order valence-electron chi connectivity index (χ1n) is 9.82. The van der Waals surface area contributed by atoms with Gasteiger partial charge in [0.15, 0.2) is 10.8 Å². The highest BCUT2D eigenvalue weighted by Crippen LogP contribution is 2.31. The Morgan fingerprint density at radius 3 is 2.35 bits per heavy atom. The molecule has 0 unspecified atom stereocenters. The molecule has 1 aromatic carbocycles. The van der Waals surface area contributed by atoms with Crippen LogP contribution in [-0.2, 0) is 0 Å². The van der Waals surface area contributed by atoms with Crippen molar-refractivity contribution < 1.29 is 9.59 Å². The number of hydrogen-bond donors (Lipinski definition) is 3. The Hall–Kier alpha value is -3.50. The normalized spacial score (nSPS) is 14.3. The lowest BCUT2D eigenvalue weighted by Gasteiger charge is -2.34. The number of piperazine rings is 1. The third kappa shape index (κ3) is 4.98. The summed E-state index contributed by atoms with van der Waals surface area (Å²) in [5, 5.41) is 6.59. The van der Waals surface area contributed by atoms with E-state index in [2.05, 4.69) is 37.4 Å². The SMILES string of the molecule is CN1CCN(c2ccc(C(=O)Nc3sc(Nc4ccncc4)nc3C(N)=O)cc2)CC1. The van der Waals surface area contributed by atoms with Crippen LogP contribution in [0.25, 0.3) is 0 Å². The molecule has 160 valence electrons. The molecule has 0 aliphatic carbocycles. The second-order valence-electron chi connectivity index (χ2n) is 7.21. The van der Waals surface area contributed by atoms with Crippen molar-refractivity contribution in [2.24, 2.45) is 5.73 Å². The van der Waals surface area contributed by atoms with Gasteiger partial charge in [0.05, 0.1) is 0 Å². The number of nitrogens with zero attached hydrogens (tertiary/aromatic N) is 4. The first-order valence-corrected chi connectivity index (χ1v) is 10.6. The van der Waals surface area contributed by atoms with Crippen molar-refractivity contribution in [1.82, 2.24) is 14.9 Å². The van der Waals surface area contributed by atoms with Crippen molar-refractivity contribution >= 4 is 44.7 Å². The predicted molar refractivity (Wildman–Crippen MR) is 122 cm³/mol. The Labute approximate surface area is 183 Å². The van der Waals surface area contributed by atoms with Gasteiger partial charge in [0.25, 0.3) is 11.8 Å². The Morgan fingerprint density at radius 1 is 1.03 bits per heavy atom. The fourth-order valence-corrected chi connectivity index (χ4v) is 4.13. The number of primary amides is 1. The van der Waals surface area contributed by atoms with Gasteiger partial charge in [-0.25, -0.2) is 4.98 Å². The summed E-state index contributed by atoms with van der Waals surface area (Å²) in [5.41, 5.74) is 7.81. The van der Waals surface area contributed by atoms with E-state index in [1.807, 2.05) is 12.1 Å². The zero-order valence-electron chi connectivity index (χ0n) is 17.0. The van der Waals surface area contributed by atoms with Crippen LogP contribution >= 0.6 is 11.3 Å². The summed E-state index contributed by atoms with van der Waals surface area (Å²) in [5.74, 6) is -1.04. The number of benzene rings is 1. The van der Waals surface area contributed by atoms with Gasteiger partial charge in [-0.1, -0.05) is 11.3 Å². The summed E-state index contributed by atoms with van der Waals surface area (Å²) in [6.07, 6.45) is 3.28. The quantitative estimate of drug-likeness (QED) is 0.542. The van der Waals surface area contributed by atoms with Crippen molar-refractivity contribution in [3.63, 3.8) is 0 Å². The zero-order valence-corrected chi connectivity index (χ0v) is 17.9. The van der Waals surface area contributed by atoms with Crippen molar-refractivity contribution in [3.05, 3.63) is 60.0 Å². The van der Waals surface area contributed by atoms with Gasteiger partial charge in [0.1, 0.15) is 5.00 Å². The van der Waals surface area contributed by atoms with Crippen LogP contribution in [0.15, 0.2) is 48.8 Å². The lowest BCUT2D eigenvalue weighted by molar-refractivity contribution is 0.0997. The van der Waals surface area contributed by atoms with Crippen LogP contribution < -0.4 is 21.3 Å². The molecule has 2 aromatic heterocycles. The molecule has 1 fully saturated rings. The molecule has 4 N–H and O–H groups in total. The number of likely N-dealkylation sites (N-methyl/N-ethyl adjacent to an activating group) is 1. The summed E-state index contributed by atoms with van der Waals surface area (Å²) in [6, 6.07) is 11.0. The van der Waals surface area contributed by atoms with E-state index in [0.717, 1.165) is 48.9 Å². The molecule has 1 aliphatic rings.